The molecule has 2 aliphatic heterocycles. The van der Waals surface area contributed by atoms with Crippen LogP contribution in [0.25, 0.3) is 11.1 Å². The van der Waals surface area contributed by atoms with Crippen molar-refractivity contribution >= 4 is 17.5 Å². The molecular weight excluding hydrogens is 330 g/mol. The van der Waals surface area contributed by atoms with E-state index in [2.05, 4.69) is 0 Å². The molecule has 2 N–H and O–H groups in total. The van der Waals surface area contributed by atoms with Gasteiger partial charge >= 0.3 is 0 Å². The lowest BCUT2D eigenvalue weighted by molar-refractivity contribution is -0.137. The molecule has 26 heavy (non-hydrogen) atoms. The fraction of sp³-hybridized carbons (Fsp3) is 0.300. The lowest BCUT2D eigenvalue weighted by Gasteiger charge is -2.34. The van der Waals surface area contributed by atoms with Gasteiger partial charge in [0.25, 0.3) is 0 Å². The van der Waals surface area contributed by atoms with Crippen molar-refractivity contribution in [2.75, 3.05) is 25.1 Å². The van der Waals surface area contributed by atoms with E-state index < -0.39 is 6.04 Å². The molecule has 4 rings (SSSR count). The van der Waals surface area contributed by atoms with Crippen molar-refractivity contribution in [1.29, 1.82) is 0 Å². The third kappa shape index (κ3) is 2.54. The molecule has 2 saturated heterocycles. The third-order valence-electron chi connectivity index (χ3n) is 5.21. The van der Waals surface area contributed by atoms with E-state index in [1.807, 2.05) is 48.5 Å². The number of piperazine rings is 1. The molecular formula is C20H21N3O3. The van der Waals surface area contributed by atoms with Crippen LogP contribution in [0.15, 0.2) is 48.5 Å². The second-order valence-electron chi connectivity index (χ2n) is 6.62. The van der Waals surface area contributed by atoms with E-state index in [-0.39, 0.29) is 24.4 Å². The summed E-state index contributed by atoms with van der Waals surface area (Å²) >= 11 is 0. The summed E-state index contributed by atoms with van der Waals surface area (Å²) in [5, 5.41) is 0. The molecule has 2 aromatic rings. The zero-order valence-corrected chi connectivity index (χ0v) is 14.6. The van der Waals surface area contributed by atoms with Gasteiger partial charge in [0.1, 0.15) is 11.8 Å². The summed E-state index contributed by atoms with van der Waals surface area (Å²) in [6, 6.07) is 15.4. The van der Waals surface area contributed by atoms with Crippen LogP contribution in [0.3, 0.4) is 0 Å². The number of ether oxygens (including phenoxy) is 1. The predicted molar refractivity (Wildman–Crippen MR) is 98.9 cm³/mol. The summed E-state index contributed by atoms with van der Waals surface area (Å²) in [7, 11) is 1.60. The van der Waals surface area contributed by atoms with E-state index >= 15 is 0 Å². The zero-order chi connectivity index (χ0) is 18.3. The highest BCUT2D eigenvalue weighted by Crippen LogP contribution is 2.41. The Morgan fingerprint density at radius 2 is 1.96 bits per heavy atom. The van der Waals surface area contributed by atoms with Gasteiger partial charge in [-0.25, -0.2) is 0 Å². The molecule has 2 heterocycles. The molecule has 0 aromatic heterocycles. The Hall–Kier alpha value is -2.86. The summed E-state index contributed by atoms with van der Waals surface area (Å²) in [4.78, 5) is 28.3. The topological polar surface area (TPSA) is 75.9 Å². The standard InChI is InChI=1S/C20H21N3O3/c1-26-18-8-7-14(13-5-3-2-4-6-13)9-16(18)23-15-10-17(20(23)25)22(12-15)19(24)11-21/h2-9,15,17H,10-12,21H2,1H3/t15-,17-/m0/s1. The minimum atomic E-state index is -0.416. The Kier molecular flexibility index (Phi) is 4.12. The van der Waals surface area contributed by atoms with E-state index in [0.717, 1.165) is 16.8 Å². The monoisotopic (exact) mass is 351 g/mol. The summed E-state index contributed by atoms with van der Waals surface area (Å²) in [6.07, 6.45) is 0.642. The largest absolute Gasteiger partial charge is 0.495 e. The van der Waals surface area contributed by atoms with Crippen LogP contribution in [0.5, 0.6) is 5.75 Å². The van der Waals surface area contributed by atoms with Crippen molar-refractivity contribution in [3.63, 3.8) is 0 Å². The van der Waals surface area contributed by atoms with E-state index in [4.69, 9.17) is 10.5 Å². The molecule has 0 unspecified atom stereocenters. The van der Waals surface area contributed by atoms with Gasteiger partial charge in [-0.1, -0.05) is 36.4 Å². The normalized spacial score (nSPS) is 21.4. The Labute approximate surface area is 152 Å². The lowest BCUT2D eigenvalue weighted by atomic mass is 10.0. The molecule has 6 nitrogen and oxygen atoms in total. The molecule has 2 fully saturated rings. The van der Waals surface area contributed by atoms with Crippen LogP contribution in [0.4, 0.5) is 5.69 Å². The Morgan fingerprint density at radius 3 is 2.62 bits per heavy atom. The SMILES string of the molecule is COc1ccc(-c2ccccc2)cc1N1C(=O)[C@@H]2C[C@H]1CN2C(=O)CN. The lowest BCUT2D eigenvalue weighted by Crippen LogP contribution is -2.53. The van der Waals surface area contributed by atoms with Gasteiger partial charge in [-0.2, -0.15) is 0 Å². The molecule has 0 saturated carbocycles. The highest BCUT2D eigenvalue weighted by Gasteiger charge is 2.52. The summed E-state index contributed by atoms with van der Waals surface area (Å²) in [5.74, 6) is 0.421. The molecule has 134 valence electrons. The number of anilines is 1. The quantitative estimate of drug-likeness (QED) is 0.909. The van der Waals surface area contributed by atoms with Crippen LogP contribution in [-0.2, 0) is 9.59 Å². The molecule has 6 heteroatoms. The Balaban J connectivity index is 1.70. The predicted octanol–water partition coefficient (Wildman–Crippen LogP) is 1.64. The number of fused-ring (bicyclic) bond motifs is 2. The van der Waals surface area contributed by atoms with Crippen LogP contribution in [0.2, 0.25) is 0 Å². The van der Waals surface area contributed by atoms with Crippen molar-refractivity contribution in [1.82, 2.24) is 4.90 Å². The second kappa shape index (κ2) is 6.46. The number of hydrogen-bond acceptors (Lipinski definition) is 4. The zero-order valence-electron chi connectivity index (χ0n) is 14.6. The van der Waals surface area contributed by atoms with Crippen molar-refractivity contribution in [2.45, 2.75) is 18.5 Å². The van der Waals surface area contributed by atoms with Crippen molar-refractivity contribution in [2.24, 2.45) is 5.73 Å². The van der Waals surface area contributed by atoms with Gasteiger partial charge in [0.2, 0.25) is 11.8 Å². The average Bonchev–Trinajstić information content (AvgIpc) is 3.25. The van der Waals surface area contributed by atoms with Gasteiger partial charge in [0, 0.05) is 6.54 Å². The molecule has 2 aromatic carbocycles. The van der Waals surface area contributed by atoms with Crippen molar-refractivity contribution < 1.29 is 14.3 Å². The number of likely N-dealkylation sites (tertiary alicyclic amines) is 1. The maximum Gasteiger partial charge on any atom is 0.250 e. The summed E-state index contributed by atoms with van der Waals surface area (Å²) < 4.78 is 5.51. The molecule has 0 aliphatic carbocycles. The fourth-order valence-corrected chi connectivity index (χ4v) is 3.97. The second-order valence-corrected chi connectivity index (χ2v) is 6.62. The average molecular weight is 351 g/mol. The fourth-order valence-electron chi connectivity index (χ4n) is 3.97. The van der Waals surface area contributed by atoms with Crippen LogP contribution in [-0.4, -0.2) is 49.0 Å². The minimum absolute atomic E-state index is 0.0390. The number of benzene rings is 2. The number of rotatable bonds is 4. The maximum atomic E-state index is 12.9. The van der Waals surface area contributed by atoms with Gasteiger partial charge < -0.3 is 20.3 Å². The van der Waals surface area contributed by atoms with Gasteiger partial charge in [-0.15, -0.1) is 0 Å². The minimum Gasteiger partial charge on any atom is -0.495 e. The first kappa shape index (κ1) is 16.6. The van der Waals surface area contributed by atoms with E-state index in [9.17, 15) is 9.59 Å². The number of hydrogen-bond donors (Lipinski definition) is 1. The number of carbonyl (C=O) groups excluding carboxylic acids is 2. The van der Waals surface area contributed by atoms with E-state index in [1.54, 1.807) is 16.9 Å². The molecule has 2 amide bonds. The molecule has 0 radical (unpaired) electrons. The van der Waals surface area contributed by atoms with Crippen molar-refractivity contribution in [3.05, 3.63) is 48.5 Å². The van der Waals surface area contributed by atoms with Crippen LogP contribution in [0.1, 0.15) is 6.42 Å². The first-order valence-electron chi connectivity index (χ1n) is 8.70. The number of amides is 2. The Morgan fingerprint density at radius 1 is 1.19 bits per heavy atom. The summed E-state index contributed by atoms with van der Waals surface area (Å²) in [5.41, 5.74) is 8.32. The van der Waals surface area contributed by atoms with Gasteiger partial charge in [-0.3, -0.25) is 9.59 Å². The van der Waals surface area contributed by atoms with Gasteiger partial charge in [-0.05, 0) is 29.7 Å². The molecule has 2 aliphatic rings. The van der Waals surface area contributed by atoms with Crippen molar-refractivity contribution in [3.8, 4) is 16.9 Å². The first-order valence-corrected chi connectivity index (χ1v) is 8.70. The van der Waals surface area contributed by atoms with Gasteiger partial charge in [0.15, 0.2) is 0 Å². The highest BCUT2D eigenvalue weighted by atomic mass is 16.5. The van der Waals surface area contributed by atoms with Crippen LogP contribution in [0, 0.1) is 0 Å². The molecule has 2 bridgehead atoms. The maximum absolute atomic E-state index is 12.9. The van der Waals surface area contributed by atoms with E-state index in [1.165, 1.54) is 0 Å². The molecule has 2 atom stereocenters. The summed E-state index contributed by atoms with van der Waals surface area (Å²) in [6.45, 7) is 0.453. The smallest absolute Gasteiger partial charge is 0.250 e. The van der Waals surface area contributed by atoms with Crippen LogP contribution < -0.4 is 15.4 Å². The third-order valence-corrected chi connectivity index (χ3v) is 5.21. The Bertz CT molecular complexity index is 853. The number of nitrogens with zero attached hydrogens (tertiary/aromatic N) is 2. The number of nitrogens with two attached hydrogens (primary N) is 1. The highest BCUT2D eigenvalue weighted by molar-refractivity contribution is 6.05. The van der Waals surface area contributed by atoms with Gasteiger partial charge in [0.05, 0.1) is 25.4 Å². The number of carbonyl (C=O) groups is 2. The number of methoxy groups -OCH3 is 1. The van der Waals surface area contributed by atoms with E-state index in [0.29, 0.717) is 18.7 Å². The van der Waals surface area contributed by atoms with Crippen LogP contribution >= 0.6 is 0 Å². The molecule has 0 spiro atoms. The first-order chi connectivity index (χ1) is 12.6.